The third-order valence-electron chi connectivity index (χ3n) is 3.57. The predicted molar refractivity (Wildman–Crippen MR) is 71.5 cm³/mol. The van der Waals surface area contributed by atoms with Crippen LogP contribution in [0.1, 0.15) is 40.0 Å². The van der Waals surface area contributed by atoms with Gasteiger partial charge in [0.15, 0.2) is 0 Å². The number of hydrogen-bond donors (Lipinski definition) is 2. The molecule has 106 valence electrons. The van der Waals surface area contributed by atoms with Gasteiger partial charge >= 0.3 is 0 Å². The monoisotopic (exact) mass is 257 g/mol. The SMILES string of the molecule is CC(C)(C)N1CCN(CCCCC(=O)NO)CC1. The first-order valence-electron chi connectivity index (χ1n) is 6.84. The fourth-order valence-corrected chi connectivity index (χ4v) is 2.32. The van der Waals surface area contributed by atoms with Crippen LogP contribution in [0, 0.1) is 0 Å². The van der Waals surface area contributed by atoms with Crippen LogP contribution in [0.25, 0.3) is 0 Å². The third-order valence-corrected chi connectivity index (χ3v) is 3.57. The van der Waals surface area contributed by atoms with Gasteiger partial charge in [-0.05, 0) is 40.2 Å². The third kappa shape index (κ3) is 5.33. The molecule has 5 heteroatoms. The first-order chi connectivity index (χ1) is 8.43. The first-order valence-corrected chi connectivity index (χ1v) is 6.84. The summed E-state index contributed by atoms with van der Waals surface area (Å²) in [6.07, 6.45) is 2.27. The van der Waals surface area contributed by atoms with Crippen LogP contribution in [0.2, 0.25) is 0 Å². The van der Waals surface area contributed by atoms with Crippen molar-refractivity contribution in [3.05, 3.63) is 0 Å². The van der Waals surface area contributed by atoms with Crippen molar-refractivity contribution < 1.29 is 10.0 Å². The molecule has 1 heterocycles. The summed E-state index contributed by atoms with van der Waals surface area (Å²) in [5, 5.41) is 8.37. The Kier molecular flexibility index (Phi) is 6.05. The van der Waals surface area contributed by atoms with Gasteiger partial charge in [-0.25, -0.2) is 5.48 Å². The zero-order valence-corrected chi connectivity index (χ0v) is 11.9. The normalized spacial score (nSPS) is 18.9. The minimum absolute atomic E-state index is 0.269. The smallest absolute Gasteiger partial charge is 0.243 e. The molecule has 0 bridgehead atoms. The van der Waals surface area contributed by atoms with Gasteiger partial charge in [0.2, 0.25) is 5.91 Å². The van der Waals surface area contributed by atoms with Gasteiger partial charge < -0.3 is 4.90 Å². The Morgan fingerprint density at radius 1 is 1.17 bits per heavy atom. The zero-order valence-electron chi connectivity index (χ0n) is 11.9. The number of hydroxylamine groups is 1. The average Bonchev–Trinajstić information content (AvgIpc) is 2.33. The lowest BCUT2D eigenvalue weighted by Gasteiger charge is -2.42. The second-order valence-electron chi connectivity index (χ2n) is 5.99. The molecule has 1 rings (SSSR count). The molecule has 1 aliphatic rings. The van der Waals surface area contributed by atoms with Crippen molar-refractivity contribution in [2.24, 2.45) is 0 Å². The second kappa shape index (κ2) is 7.07. The molecular formula is C13H27N3O2. The van der Waals surface area contributed by atoms with E-state index in [2.05, 4.69) is 30.6 Å². The van der Waals surface area contributed by atoms with E-state index < -0.39 is 0 Å². The molecule has 0 atom stereocenters. The highest BCUT2D eigenvalue weighted by Gasteiger charge is 2.25. The maximum absolute atomic E-state index is 10.8. The molecule has 0 radical (unpaired) electrons. The second-order valence-corrected chi connectivity index (χ2v) is 5.99. The van der Waals surface area contributed by atoms with E-state index in [1.807, 2.05) is 0 Å². The Labute approximate surface area is 110 Å². The van der Waals surface area contributed by atoms with Crippen molar-refractivity contribution in [1.82, 2.24) is 15.3 Å². The van der Waals surface area contributed by atoms with Gasteiger partial charge in [-0.1, -0.05) is 0 Å². The molecule has 1 amide bonds. The molecule has 0 aromatic carbocycles. The highest BCUT2D eigenvalue weighted by Crippen LogP contribution is 2.15. The number of carbonyl (C=O) groups is 1. The van der Waals surface area contributed by atoms with E-state index >= 15 is 0 Å². The Bertz CT molecular complexity index is 255. The zero-order chi connectivity index (χ0) is 13.6. The predicted octanol–water partition coefficient (Wildman–Crippen LogP) is 1.08. The van der Waals surface area contributed by atoms with E-state index in [0.29, 0.717) is 6.42 Å². The number of piperazine rings is 1. The summed E-state index contributed by atoms with van der Waals surface area (Å²) in [6, 6.07) is 0. The van der Waals surface area contributed by atoms with Crippen LogP contribution in [0.4, 0.5) is 0 Å². The van der Waals surface area contributed by atoms with Crippen LogP contribution in [-0.2, 0) is 4.79 Å². The molecule has 1 fully saturated rings. The Balaban J connectivity index is 2.11. The summed E-state index contributed by atoms with van der Waals surface area (Å²) in [6.45, 7) is 12.3. The fourth-order valence-electron chi connectivity index (χ4n) is 2.32. The molecule has 18 heavy (non-hydrogen) atoms. The van der Waals surface area contributed by atoms with Crippen molar-refractivity contribution in [2.45, 2.75) is 45.6 Å². The maximum Gasteiger partial charge on any atom is 0.243 e. The number of amides is 1. The van der Waals surface area contributed by atoms with E-state index in [9.17, 15) is 4.79 Å². The van der Waals surface area contributed by atoms with Gasteiger partial charge in [-0.3, -0.25) is 14.9 Å². The first kappa shape index (κ1) is 15.4. The van der Waals surface area contributed by atoms with Crippen LogP contribution in [0.5, 0.6) is 0 Å². The standard InChI is InChI=1S/C13H27N3O2/c1-13(2,3)16-10-8-15(9-11-16)7-5-4-6-12(17)14-18/h18H,4-11H2,1-3H3,(H,14,17). The lowest BCUT2D eigenvalue weighted by Crippen LogP contribution is -2.53. The summed E-state index contributed by atoms with van der Waals surface area (Å²) >= 11 is 0. The van der Waals surface area contributed by atoms with Crippen LogP contribution in [-0.4, -0.2) is 59.2 Å². The molecule has 0 spiro atoms. The Morgan fingerprint density at radius 2 is 1.78 bits per heavy atom. The van der Waals surface area contributed by atoms with E-state index in [-0.39, 0.29) is 11.4 Å². The minimum atomic E-state index is -0.285. The van der Waals surface area contributed by atoms with Crippen molar-refractivity contribution in [3.8, 4) is 0 Å². The van der Waals surface area contributed by atoms with E-state index in [0.717, 1.165) is 45.6 Å². The summed E-state index contributed by atoms with van der Waals surface area (Å²) < 4.78 is 0. The molecule has 1 aliphatic heterocycles. The van der Waals surface area contributed by atoms with Gasteiger partial charge in [0.1, 0.15) is 0 Å². The topological polar surface area (TPSA) is 55.8 Å². The number of unbranched alkanes of at least 4 members (excludes halogenated alkanes) is 1. The summed E-state index contributed by atoms with van der Waals surface area (Å²) in [5.41, 5.74) is 1.94. The molecule has 0 unspecified atom stereocenters. The van der Waals surface area contributed by atoms with Gasteiger partial charge in [0.25, 0.3) is 0 Å². The largest absolute Gasteiger partial charge is 0.301 e. The van der Waals surface area contributed by atoms with Gasteiger partial charge in [-0.15, -0.1) is 0 Å². The van der Waals surface area contributed by atoms with Gasteiger partial charge in [0, 0.05) is 38.1 Å². The molecule has 0 aliphatic carbocycles. The molecule has 1 saturated heterocycles. The van der Waals surface area contributed by atoms with Crippen LogP contribution >= 0.6 is 0 Å². The summed E-state index contributed by atoms with van der Waals surface area (Å²) in [4.78, 5) is 15.8. The average molecular weight is 257 g/mol. The molecule has 0 saturated carbocycles. The van der Waals surface area contributed by atoms with E-state index in [1.54, 1.807) is 5.48 Å². The molecule has 5 nitrogen and oxygen atoms in total. The molecule has 0 aromatic heterocycles. The number of nitrogens with zero attached hydrogens (tertiary/aromatic N) is 2. The van der Waals surface area contributed by atoms with Crippen LogP contribution in [0.15, 0.2) is 0 Å². The van der Waals surface area contributed by atoms with Crippen molar-refractivity contribution >= 4 is 5.91 Å². The lowest BCUT2D eigenvalue weighted by molar-refractivity contribution is -0.129. The highest BCUT2D eigenvalue weighted by atomic mass is 16.5. The van der Waals surface area contributed by atoms with Crippen molar-refractivity contribution in [1.29, 1.82) is 0 Å². The Hall–Kier alpha value is -0.650. The number of rotatable bonds is 5. The van der Waals surface area contributed by atoms with Crippen LogP contribution in [0.3, 0.4) is 0 Å². The maximum atomic E-state index is 10.8. The Morgan fingerprint density at radius 3 is 2.28 bits per heavy atom. The van der Waals surface area contributed by atoms with Gasteiger partial charge in [0.05, 0.1) is 0 Å². The molecule has 2 N–H and O–H groups in total. The number of hydrogen-bond acceptors (Lipinski definition) is 4. The number of carbonyl (C=O) groups excluding carboxylic acids is 1. The van der Waals surface area contributed by atoms with Crippen molar-refractivity contribution in [3.63, 3.8) is 0 Å². The number of nitrogens with one attached hydrogen (secondary N) is 1. The van der Waals surface area contributed by atoms with Gasteiger partial charge in [-0.2, -0.15) is 0 Å². The van der Waals surface area contributed by atoms with Crippen LogP contribution < -0.4 is 5.48 Å². The van der Waals surface area contributed by atoms with Crippen molar-refractivity contribution in [2.75, 3.05) is 32.7 Å². The quantitative estimate of drug-likeness (QED) is 0.439. The van der Waals surface area contributed by atoms with E-state index in [4.69, 9.17) is 5.21 Å². The summed E-state index contributed by atoms with van der Waals surface area (Å²) in [7, 11) is 0. The lowest BCUT2D eigenvalue weighted by atomic mass is 10.0. The molecule has 0 aromatic rings. The highest BCUT2D eigenvalue weighted by molar-refractivity contribution is 5.74. The minimum Gasteiger partial charge on any atom is -0.301 e. The molecular weight excluding hydrogens is 230 g/mol. The van der Waals surface area contributed by atoms with E-state index in [1.165, 1.54) is 0 Å². The summed E-state index contributed by atoms with van der Waals surface area (Å²) in [5.74, 6) is -0.285. The fraction of sp³-hybridized carbons (Fsp3) is 0.923.